The minimum atomic E-state index is 0.898. The molecule has 0 aliphatic rings. The van der Waals surface area contributed by atoms with E-state index in [4.69, 9.17) is 4.42 Å². The fourth-order valence-corrected chi connectivity index (χ4v) is 10.9. The van der Waals surface area contributed by atoms with Gasteiger partial charge >= 0.3 is 0 Å². The second-order valence-corrected chi connectivity index (χ2v) is 17.1. The Morgan fingerprint density at radius 2 is 0.746 bits per heavy atom. The Morgan fingerprint density at radius 3 is 1.51 bits per heavy atom. The van der Waals surface area contributed by atoms with E-state index >= 15 is 0 Å². The van der Waals surface area contributed by atoms with Gasteiger partial charge in [-0.1, -0.05) is 194 Å². The van der Waals surface area contributed by atoms with Crippen molar-refractivity contribution in [2.45, 2.75) is 0 Å². The summed E-state index contributed by atoms with van der Waals surface area (Å²) in [7, 11) is 0. The summed E-state index contributed by atoms with van der Waals surface area (Å²) in [5.41, 5.74) is 11.3. The lowest BCUT2D eigenvalue weighted by Gasteiger charge is -2.17. The molecule has 290 valence electrons. The van der Waals surface area contributed by atoms with Crippen LogP contribution in [-0.4, -0.2) is 0 Å². The van der Waals surface area contributed by atoms with E-state index in [2.05, 4.69) is 218 Å². The van der Waals surface area contributed by atoms with Crippen molar-refractivity contribution < 1.29 is 4.42 Å². The zero-order valence-corrected chi connectivity index (χ0v) is 34.2. The number of fused-ring (bicyclic) bond motifs is 9. The summed E-state index contributed by atoms with van der Waals surface area (Å²) in [5.74, 6) is 0. The van der Waals surface area contributed by atoms with Crippen LogP contribution in [0.1, 0.15) is 0 Å². The molecule has 0 aliphatic heterocycles. The lowest BCUT2D eigenvalue weighted by atomic mass is 9.86. The molecule has 0 unspecified atom stereocenters. The van der Waals surface area contributed by atoms with E-state index in [1.807, 2.05) is 0 Å². The third-order valence-electron chi connectivity index (χ3n) is 13.8. The van der Waals surface area contributed by atoms with E-state index in [-0.39, 0.29) is 0 Å². The Balaban J connectivity index is 0.976. The predicted molar refractivity (Wildman–Crippen MR) is 269 cm³/mol. The minimum Gasteiger partial charge on any atom is -0.455 e. The summed E-state index contributed by atoms with van der Waals surface area (Å²) in [6.07, 6.45) is 0. The zero-order chi connectivity index (χ0) is 41.2. The maximum Gasteiger partial charge on any atom is 0.143 e. The van der Waals surface area contributed by atoms with Crippen LogP contribution in [-0.2, 0) is 0 Å². The first kappa shape index (κ1) is 34.5. The molecular formula is C62H36O. The van der Waals surface area contributed by atoms with Crippen LogP contribution in [0, 0.1) is 0 Å². The maximum atomic E-state index is 7.05. The van der Waals surface area contributed by atoms with E-state index in [9.17, 15) is 0 Å². The minimum absolute atomic E-state index is 0.898. The van der Waals surface area contributed by atoms with Gasteiger partial charge in [0.05, 0.1) is 0 Å². The van der Waals surface area contributed by atoms with Gasteiger partial charge in [0, 0.05) is 16.3 Å². The molecule has 0 saturated carbocycles. The highest BCUT2D eigenvalue weighted by atomic mass is 16.3. The number of furan rings is 1. The summed E-state index contributed by atoms with van der Waals surface area (Å²) < 4.78 is 7.05. The lowest BCUT2D eigenvalue weighted by Crippen LogP contribution is -1.90. The third-order valence-corrected chi connectivity index (χ3v) is 13.8. The smallest absolute Gasteiger partial charge is 0.143 e. The molecule has 0 fully saturated rings. The molecule has 0 aliphatic carbocycles. The van der Waals surface area contributed by atoms with Gasteiger partial charge in [0.15, 0.2) is 0 Å². The summed E-state index contributed by atoms with van der Waals surface area (Å²) in [5, 5.41) is 20.0. The van der Waals surface area contributed by atoms with Crippen LogP contribution in [0.2, 0.25) is 0 Å². The molecule has 1 aromatic heterocycles. The van der Waals surface area contributed by atoms with Crippen molar-refractivity contribution >= 4 is 97.3 Å². The van der Waals surface area contributed by atoms with Crippen LogP contribution >= 0.6 is 0 Å². The molecule has 0 radical (unpaired) electrons. The van der Waals surface area contributed by atoms with Crippen molar-refractivity contribution in [3.63, 3.8) is 0 Å². The Labute approximate surface area is 363 Å². The summed E-state index contributed by atoms with van der Waals surface area (Å²) >= 11 is 0. The summed E-state index contributed by atoms with van der Waals surface area (Å²) in [4.78, 5) is 0. The maximum absolute atomic E-state index is 7.05. The van der Waals surface area contributed by atoms with Gasteiger partial charge in [0.1, 0.15) is 11.2 Å². The van der Waals surface area contributed by atoms with Gasteiger partial charge in [-0.2, -0.15) is 0 Å². The normalized spacial score (nSPS) is 12.1. The molecular weight excluding hydrogens is 761 g/mol. The molecule has 1 heterocycles. The van der Waals surface area contributed by atoms with Crippen LogP contribution in [0.15, 0.2) is 223 Å². The first-order valence-corrected chi connectivity index (χ1v) is 21.8. The number of hydrogen-bond donors (Lipinski definition) is 0. The van der Waals surface area contributed by atoms with Crippen LogP contribution in [0.4, 0.5) is 0 Å². The van der Waals surface area contributed by atoms with E-state index in [1.165, 1.54) is 109 Å². The fraction of sp³-hybridized carbons (Fsp3) is 0. The standard InChI is InChI=1S/C62H36O/c1-2-10-37(11-3-1)46-28-24-41-27-31-53-50(29-25-42-26-30-52(46)59(41)60(42)53)54-33-32-48(62-61(54)56-34-43-13-4-5-14-44(43)36-57(56)63-62)39-18-20-40(21-19-39)55-35-45-23-22-38-12-6-7-15-47(38)58(45)51-17-9-8-16-49(51)55/h1-36H. The van der Waals surface area contributed by atoms with E-state index in [0.29, 0.717) is 0 Å². The van der Waals surface area contributed by atoms with Gasteiger partial charge in [-0.25, -0.2) is 0 Å². The second kappa shape index (κ2) is 13.1. The van der Waals surface area contributed by atoms with Crippen LogP contribution < -0.4 is 0 Å². The summed E-state index contributed by atoms with van der Waals surface area (Å²) in [6, 6.07) is 80.5. The van der Waals surface area contributed by atoms with Gasteiger partial charge in [-0.15, -0.1) is 0 Å². The van der Waals surface area contributed by atoms with Gasteiger partial charge in [0.25, 0.3) is 0 Å². The molecule has 0 atom stereocenters. The largest absolute Gasteiger partial charge is 0.455 e. The monoisotopic (exact) mass is 796 g/mol. The van der Waals surface area contributed by atoms with Gasteiger partial charge in [-0.3, -0.25) is 0 Å². The highest BCUT2D eigenvalue weighted by Gasteiger charge is 2.22. The van der Waals surface area contributed by atoms with Gasteiger partial charge in [-0.05, 0) is 139 Å². The van der Waals surface area contributed by atoms with Crippen LogP contribution in [0.25, 0.3) is 142 Å². The molecule has 0 bridgehead atoms. The van der Waals surface area contributed by atoms with E-state index in [1.54, 1.807) is 0 Å². The SMILES string of the molecule is c1ccc(-c2ccc3ccc4c(-c5ccc(-c6ccc(-c7cc8ccc9ccccc9c8c8ccccc78)cc6)c6oc7cc8ccccc8cc7c56)ccc5ccc2c3c54)cc1. The van der Waals surface area contributed by atoms with Crippen molar-refractivity contribution in [2.75, 3.05) is 0 Å². The second-order valence-electron chi connectivity index (χ2n) is 17.1. The lowest BCUT2D eigenvalue weighted by molar-refractivity contribution is 0.670. The Bertz CT molecular complexity index is 4170. The zero-order valence-electron chi connectivity index (χ0n) is 34.2. The van der Waals surface area contributed by atoms with Crippen molar-refractivity contribution in [1.29, 1.82) is 0 Å². The van der Waals surface area contributed by atoms with Gasteiger partial charge < -0.3 is 4.42 Å². The first-order valence-electron chi connectivity index (χ1n) is 21.8. The molecule has 13 aromatic carbocycles. The van der Waals surface area contributed by atoms with Gasteiger partial charge in [0.2, 0.25) is 0 Å². The molecule has 63 heavy (non-hydrogen) atoms. The Morgan fingerprint density at radius 1 is 0.222 bits per heavy atom. The first-order chi connectivity index (χ1) is 31.2. The molecule has 0 spiro atoms. The quantitative estimate of drug-likeness (QED) is 0.162. The van der Waals surface area contributed by atoms with E-state index in [0.717, 1.165) is 33.1 Å². The highest BCUT2D eigenvalue weighted by molar-refractivity contribution is 6.29. The van der Waals surface area contributed by atoms with Crippen LogP contribution in [0.5, 0.6) is 0 Å². The van der Waals surface area contributed by atoms with Crippen molar-refractivity contribution in [2.24, 2.45) is 0 Å². The fourth-order valence-electron chi connectivity index (χ4n) is 10.9. The molecule has 0 N–H and O–H groups in total. The van der Waals surface area contributed by atoms with Crippen molar-refractivity contribution in [3.8, 4) is 44.5 Å². The number of benzene rings is 13. The average molecular weight is 797 g/mol. The average Bonchev–Trinajstić information content (AvgIpc) is 3.73. The Kier molecular flexibility index (Phi) is 7.17. The van der Waals surface area contributed by atoms with E-state index < -0.39 is 0 Å². The molecule has 14 rings (SSSR count). The predicted octanol–water partition coefficient (Wildman–Crippen LogP) is 17.8. The summed E-state index contributed by atoms with van der Waals surface area (Å²) in [6.45, 7) is 0. The molecule has 14 aromatic rings. The van der Waals surface area contributed by atoms with Crippen LogP contribution in [0.3, 0.4) is 0 Å². The number of rotatable bonds is 4. The van der Waals surface area contributed by atoms with Crippen molar-refractivity contribution in [1.82, 2.24) is 0 Å². The number of hydrogen-bond acceptors (Lipinski definition) is 1. The topological polar surface area (TPSA) is 13.1 Å². The molecule has 1 nitrogen and oxygen atoms in total. The highest BCUT2D eigenvalue weighted by Crippen LogP contribution is 2.48. The third kappa shape index (κ3) is 5.05. The molecule has 0 saturated heterocycles. The molecule has 1 heteroatoms. The molecule has 0 amide bonds. The Hall–Kier alpha value is -8.26. The van der Waals surface area contributed by atoms with Crippen molar-refractivity contribution in [3.05, 3.63) is 218 Å².